The number of nitrogens with one attached hydrogen (secondary N) is 1. The summed E-state index contributed by atoms with van der Waals surface area (Å²) in [5.74, 6) is -0.620. The van der Waals surface area contributed by atoms with Crippen molar-refractivity contribution in [2.75, 3.05) is 6.54 Å². The second kappa shape index (κ2) is 5.94. The highest BCUT2D eigenvalue weighted by Gasteiger charge is 2.25. The van der Waals surface area contributed by atoms with Crippen LogP contribution in [0.25, 0.3) is 0 Å². The maximum Gasteiger partial charge on any atom is 0.251 e. The Morgan fingerprint density at radius 3 is 2.31 bits per heavy atom. The summed E-state index contributed by atoms with van der Waals surface area (Å²) in [4.78, 5) is 11.1. The zero-order chi connectivity index (χ0) is 10.4. The van der Waals surface area contributed by atoms with Crippen LogP contribution in [0.5, 0.6) is 0 Å². The summed E-state index contributed by atoms with van der Waals surface area (Å²) in [5.41, 5.74) is 0. The normalized spacial score (nSPS) is 15.5. The molecule has 0 aromatic heterocycles. The molecule has 78 valence electrons. The number of carbonyl (C=O) groups excluding carboxylic acids is 1. The molecule has 0 unspecified atom stereocenters. The summed E-state index contributed by atoms with van der Waals surface area (Å²) < 4.78 is 0. The maximum atomic E-state index is 11.1. The van der Waals surface area contributed by atoms with Crippen molar-refractivity contribution >= 4 is 5.91 Å². The first-order valence-corrected chi connectivity index (χ1v) is 4.64. The third kappa shape index (κ3) is 4.24. The third-order valence-electron chi connectivity index (χ3n) is 1.82. The van der Waals surface area contributed by atoms with Gasteiger partial charge in [0.15, 0.2) is 6.10 Å². The first kappa shape index (κ1) is 12.4. The number of hydrogen-bond acceptors (Lipinski definition) is 3. The van der Waals surface area contributed by atoms with Crippen molar-refractivity contribution in [3.05, 3.63) is 0 Å². The summed E-state index contributed by atoms with van der Waals surface area (Å²) in [6.07, 6.45) is -1.49. The third-order valence-corrected chi connectivity index (χ3v) is 1.82. The lowest BCUT2D eigenvalue weighted by Gasteiger charge is -2.20. The average Bonchev–Trinajstić information content (AvgIpc) is 2.11. The minimum absolute atomic E-state index is 0.123. The van der Waals surface area contributed by atoms with Gasteiger partial charge in [0.1, 0.15) is 0 Å². The van der Waals surface area contributed by atoms with Gasteiger partial charge in [-0.25, -0.2) is 0 Å². The van der Waals surface area contributed by atoms with Gasteiger partial charge >= 0.3 is 0 Å². The molecule has 0 fully saturated rings. The van der Waals surface area contributed by atoms with Crippen LogP contribution in [0.4, 0.5) is 0 Å². The fourth-order valence-electron chi connectivity index (χ4n) is 0.872. The fourth-order valence-corrected chi connectivity index (χ4v) is 0.872. The van der Waals surface area contributed by atoms with Crippen LogP contribution in [0.15, 0.2) is 0 Å². The van der Waals surface area contributed by atoms with Gasteiger partial charge in [0.2, 0.25) is 0 Å². The van der Waals surface area contributed by atoms with E-state index in [9.17, 15) is 15.0 Å². The van der Waals surface area contributed by atoms with Gasteiger partial charge in [-0.2, -0.15) is 0 Å². The van der Waals surface area contributed by atoms with E-state index in [-0.39, 0.29) is 5.92 Å². The Kier molecular flexibility index (Phi) is 5.66. The van der Waals surface area contributed by atoms with E-state index in [2.05, 4.69) is 5.32 Å². The summed E-state index contributed by atoms with van der Waals surface area (Å²) in [5, 5.41) is 21.2. The molecule has 2 atom stereocenters. The summed E-state index contributed by atoms with van der Waals surface area (Å²) >= 11 is 0. The van der Waals surface area contributed by atoms with Crippen LogP contribution in [-0.4, -0.2) is 34.9 Å². The molecule has 0 aromatic rings. The van der Waals surface area contributed by atoms with Crippen LogP contribution < -0.4 is 5.32 Å². The van der Waals surface area contributed by atoms with Crippen molar-refractivity contribution in [1.29, 1.82) is 0 Å². The number of aliphatic hydroxyl groups excluding tert-OH is 2. The molecule has 0 spiro atoms. The van der Waals surface area contributed by atoms with Crippen molar-refractivity contribution < 1.29 is 15.0 Å². The van der Waals surface area contributed by atoms with Crippen molar-refractivity contribution in [1.82, 2.24) is 5.32 Å². The van der Waals surface area contributed by atoms with Crippen molar-refractivity contribution in [2.24, 2.45) is 5.92 Å². The second-order valence-corrected chi connectivity index (χ2v) is 3.47. The minimum Gasteiger partial charge on any atom is -0.390 e. The molecule has 0 aliphatic heterocycles. The first-order chi connectivity index (χ1) is 6.00. The Morgan fingerprint density at radius 2 is 1.92 bits per heavy atom. The molecule has 1 amide bonds. The molecule has 4 heteroatoms. The SMILES string of the molecule is CCCNC(=O)[C@@H](O)[C@H](O)C(C)C. The molecular weight excluding hydrogens is 170 g/mol. The number of hydrogen-bond donors (Lipinski definition) is 3. The first-order valence-electron chi connectivity index (χ1n) is 4.64. The Balaban J connectivity index is 3.94. The lowest BCUT2D eigenvalue weighted by Crippen LogP contribution is -2.44. The topological polar surface area (TPSA) is 69.6 Å². The molecule has 0 saturated carbocycles. The molecule has 0 aromatic carbocycles. The molecule has 0 heterocycles. The second-order valence-electron chi connectivity index (χ2n) is 3.47. The summed E-state index contributed by atoms with van der Waals surface area (Å²) in [6.45, 7) is 5.95. The van der Waals surface area contributed by atoms with Crippen molar-refractivity contribution in [2.45, 2.75) is 39.4 Å². The smallest absolute Gasteiger partial charge is 0.251 e. The van der Waals surface area contributed by atoms with Crippen LogP contribution in [-0.2, 0) is 4.79 Å². The Hall–Kier alpha value is -0.610. The van der Waals surface area contributed by atoms with E-state index in [1.165, 1.54) is 0 Å². The average molecular weight is 189 g/mol. The standard InChI is InChI=1S/C9H19NO3/c1-4-5-10-9(13)8(12)7(11)6(2)3/h6-8,11-12H,4-5H2,1-3H3,(H,10,13)/t7-,8+/m1/s1. The lowest BCUT2D eigenvalue weighted by molar-refractivity contribution is -0.136. The molecule has 13 heavy (non-hydrogen) atoms. The highest BCUT2D eigenvalue weighted by atomic mass is 16.3. The van der Waals surface area contributed by atoms with Gasteiger partial charge < -0.3 is 15.5 Å². The highest BCUT2D eigenvalue weighted by Crippen LogP contribution is 2.05. The van der Waals surface area contributed by atoms with Crippen LogP contribution in [0.1, 0.15) is 27.2 Å². The van der Waals surface area contributed by atoms with E-state index in [4.69, 9.17) is 0 Å². The molecule has 0 bridgehead atoms. The molecule has 0 radical (unpaired) electrons. The minimum atomic E-state index is -1.31. The van der Waals surface area contributed by atoms with E-state index in [0.717, 1.165) is 6.42 Å². The molecule has 0 aliphatic carbocycles. The summed E-state index contributed by atoms with van der Waals surface area (Å²) in [7, 11) is 0. The fraction of sp³-hybridized carbons (Fsp3) is 0.889. The van der Waals surface area contributed by atoms with Crippen LogP contribution in [0, 0.1) is 5.92 Å². The number of rotatable bonds is 5. The van der Waals surface area contributed by atoms with Crippen LogP contribution in [0.3, 0.4) is 0 Å². The van der Waals surface area contributed by atoms with E-state index in [1.807, 2.05) is 6.92 Å². The molecule has 0 rings (SSSR count). The number of amides is 1. The van der Waals surface area contributed by atoms with Crippen LogP contribution in [0.2, 0.25) is 0 Å². The monoisotopic (exact) mass is 189 g/mol. The summed E-state index contributed by atoms with van der Waals surface area (Å²) in [6, 6.07) is 0. The van der Waals surface area contributed by atoms with Gasteiger partial charge in [-0.1, -0.05) is 20.8 Å². The zero-order valence-corrected chi connectivity index (χ0v) is 8.45. The predicted octanol–water partition coefficient (Wildman–Crippen LogP) is -0.110. The van der Waals surface area contributed by atoms with E-state index < -0.39 is 18.1 Å². The van der Waals surface area contributed by atoms with Crippen molar-refractivity contribution in [3.8, 4) is 0 Å². The van der Waals surface area contributed by atoms with Gasteiger partial charge in [0.25, 0.3) is 5.91 Å². The predicted molar refractivity (Wildman–Crippen MR) is 50.2 cm³/mol. The van der Waals surface area contributed by atoms with Crippen molar-refractivity contribution in [3.63, 3.8) is 0 Å². The maximum absolute atomic E-state index is 11.1. The zero-order valence-electron chi connectivity index (χ0n) is 8.45. The highest BCUT2D eigenvalue weighted by molar-refractivity contribution is 5.81. The van der Waals surface area contributed by atoms with Gasteiger partial charge in [-0.3, -0.25) is 4.79 Å². The van der Waals surface area contributed by atoms with E-state index in [1.54, 1.807) is 13.8 Å². The molecule has 4 nitrogen and oxygen atoms in total. The van der Waals surface area contributed by atoms with E-state index >= 15 is 0 Å². The van der Waals surface area contributed by atoms with Gasteiger partial charge in [-0.05, 0) is 12.3 Å². The quantitative estimate of drug-likeness (QED) is 0.565. The Labute approximate surface area is 79.0 Å². The largest absolute Gasteiger partial charge is 0.390 e. The van der Waals surface area contributed by atoms with Gasteiger partial charge in [0.05, 0.1) is 6.10 Å². The number of carbonyl (C=O) groups is 1. The van der Waals surface area contributed by atoms with E-state index in [0.29, 0.717) is 6.54 Å². The lowest BCUT2D eigenvalue weighted by atomic mass is 10.0. The molecule has 0 saturated heterocycles. The van der Waals surface area contributed by atoms with Crippen LogP contribution >= 0.6 is 0 Å². The number of aliphatic hydroxyl groups is 2. The molecule has 3 N–H and O–H groups in total. The molecular formula is C9H19NO3. The van der Waals surface area contributed by atoms with Gasteiger partial charge in [-0.15, -0.1) is 0 Å². The van der Waals surface area contributed by atoms with Gasteiger partial charge in [0, 0.05) is 6.54 Å². The Bertz CT molecular complexity index is 159. The molecule has 0 aliphatic rings. The Morgan fingerprint density at radius 1 is 1.38 bits per heavy atom.